The molecule has 21 heavy (non-hydrogen) atoms. The Morgan fingerprint density at radius 1 is 1.24 bits per heavy atom. The van der Waals surface area contributed by atoms with Crippen LogP contribution in [0.1, 0.15) is 24.8 Å². The van der Waals surface area contributed by atoms with Crippen molar-refractivity contribution < 1.29 is 19.4 Å². The van der Waals surface area contributed by atoms with Crippen molar-refractivity contribution in [1.29, 1.82) is 0 Å². The largest absolute Gasteiger partial charge is 0.497 e. The predicted octanol–water partition coefficient (Wildman–Crippen LogP) is 2.19. The van der Waals surface area contributed by atoms with Crippen molar-refractivity contribution in [3.8, 4) is 11.5 Å². The van der Waals surface area contributed by atoms with Crippen molar-refractivity contribution in [1.82, 2.24) is 4.90 Å². The first-order chi connectivity index (χ1) is 10.2. The average molecular weight is 293 g/mol. The Labute approximate surface area is 125 Å². The van der Waals surface area contributed by atoms with Crippen LogP contribution >= 0.6 is 0 Å². The number of hydrogen-bond acceptors (Lipinski definition) is 4. The van der Waals surface area contributed by atoms with E-state index >= 15 is 0 Å². The third kappa shape index (κ3) is 3.88. The van der Waals surface area contributed by atoms with Gasteiger partial charge in [-0.1, -0.05) is 12.5 Å². The zero-order valence-electron chi connectivity index (χ0n) is 12.7. The molecule has 0 saturated carbocycles. The van der Waals surface area contributed by atoms with Gasteiger partial charge in [0.1, 0.15) is 17.5 Å². The SMILES string of the molecule is COc1ccc(C[C@@H](C(=O)O)N2CCCCC2)c(OC)c1. The number of likely N-dealkylation sites (tertiary alicyclic amines) is 1. The quantitative estimate of drug-likeness (QED) is 0.871. The van der Waals surface area contributed by atoms with Gasteiger partial charge in [0.15, 0.2) is 0 Å². The molecule has 0 amide bonds. The molecule has 0 spiro atoms. The fourth-order valence-electron chi connectivity index (χ4n) is 2.83. The van der Waals surface area contributed by atoms with E-state index in [-0.39, 0.29) is 0 Å². The lowest BCUT2D eigenvalue weighted by atomic mass is 10.0. The monoisotopic (exact) mass is 293 g/mol. The summed E-state index contributed by atoms with van der Waals surface area (Å²) in [6.07, 6.45) is 3.78. The lowest BCUT2D eigenvalue weighted by Gasteiger charge is -2.32. The summed E-state index contributed by atoms with van der Waals surface area (Å²) in [4.78, 5) is 13.7. The molecule has 1 aromatic carbocycles. The van der Waals surface area contributed by atoms with Gasteiger partial charge >= 0.3 is 5.97 Å². The molecular formula is C16H23NO4. The van der Waals surface area contributed by atoms with Gasteiger partial charge in [0.2, 0.25) is 0 Å². The number of methoxy groups -OCH3 is 2. The second kappa shape index (κ2) is 7.31. The van der Waals surface area contributed by atoms with Gasteiger partial charge in [0, 0.05) is 12.5 Å². The van der Waals surface area contributed by atoms with Crippen LogP contribution in [-0.2, 0) is 11.2 Å². The minimum absolute atomic E-state index is 0.447. The number of carboxylic acids is 1. The number of rotatable bonds is 6. The van der Waals surface area contributed by atoms with Crippen LogP contribution in [-0.4, -0.2) is 49.3 Å². The summed E-state index contributed by atoms with van der Waals surface area (Å²) in [6.45, 7) is 1.71. The zero-order valence-corrected chi connectivity index (χ0v) is 12.7. The van der Waals surface area contributed by atoms with Gasteiger partial charge in [0.05, 0.1) is 14.2 Å². The van der Waals surface area contributed by atoms with E-state index in [2.05, 4.69) is 4.90 Å². The summed E-state index contributed by atoms with van der Waals surface area (Å²) >= 11 is 0. The van der Waals surface area contributed by atoms with E-state index in [0.717, 1.165) is 31.5 Å². The molecule has 1 atom stereocenters. The minimum Gasteiger partial charge on any atom is -0.497 e. The van der Waals surface area contributed by atoms with Crippen molar-refractivity contribution in [2.75, 3.05) is 27.3 Å². The second-order valence-corrected chi connectivity index (χ2v) is 5.33. The molecule has 5 nitrogen and oxygen atoms in total. The minimum atomic E-state index is -0.769. The Hall–Kier alpha value is -1.75. The van der Waals surface area contributed by atoms with E-state index in [1.807, 2.05) is 12.1 Å². The van der Waals surface area contributed by atoms with E-state index in [0.29, 0.717) is 17.9 Å². The highest BCUT2D eigenvalue weighted by Crippen LogP contribution is 2.27. The Kier molecular flexibility index (Phi) is 5.44. The van der Waals surface area contributed by atoms with Gasteiger partial charge in [-0.2, -0.15) is 0 Å². The topological polar surface area (TPSA) is 59.0 Å². The highest BCUT2D eigenvalue weighted by molar-refractivity contribution is 5.74. The average Bonchev–Trinajstić information content (AvgIpc) is 2.53. The van der Waals surface area contributed by atoms with Gasteiger partial charge in [-0.15, -0.1) is 0 Å². The number of hydrogen-bond donors (Lipinski definition) is 1. The summed E-state index contributed by atoms with van der Waals surface area (Å²) in [5.74, 6) is 0.618. The summed E-state index contributed by atoms with van der Waals surface area (Å²) in [7, 11) is 3.19. The maximum absolute atomic E-state index is 11.6. The molecule has 1 fully saturated rings. The van der Waals surface area contributed by atoms with E-state index in [1.54, 1.807) is 20.3 Å². The molecule has 0 unspecified atom stereocenters. The van der Waals surface area contributed by atoms with Crippen LogP contribution in [0.15, 0.2) is 18.2 Å². The van der Waals surface area contributed by atoms with E-state index in [1.165, 1.54) is 6.42 Å². The normalized spacial score (nSPS) is 17.2. The molecule has 1 aliphatic heterocycles. The summed E-state index contributed by atoms with van der Waals surface area (Å²) < 4.78 is 10.5. The third-order valence-electron chi connectivity index (χ3n) is 4.02. The molecule has 1 aromatic rings. The Morgan fingerprint density at radius 2 is 1.95 bits per heavy atom. The van der Waals surface area contributed by atoms with Gasteiger partial charge in [-0.05, 0) is 37.6 Å². The molecule has 116 valence electrons. The van der Waals surface area contributed by atoms with E-state index in [4.69, 9.17) is 9.47 Å². The lowest BCUT2D eigenvalue weighted by molar-refractivity contribution is -0.143. The molecule has 1 aliphatic rings. The second-order valence-electron chi connectivity index (χ2n) is 5.33. The Balaban J connectivity index is 2.18. The van der Waals surface area contributed by atoms with Crippen molar-refractivity contribution in [2.24, 2.45) is 0 Å². The van der Waals surface area contributed by atoms with Crippen molar-refractivity contribution in [3.63, 3.8) is 0 Å². The fourth-order valence-corrected chi connectivity index (χ4v) is 2.83. The third-order valence-corrected chi connectivity index (χ3v) is 4.02. The Bertz CT molecular complexity index is 483. The van der Waals surface area contributed by atoms with E-state index < -0.39 is 12.0 Å². The molecule has 1 heterocycles. The van der Waals surface area contributed by atoms with Crippen molar-refractivity contribution in [3.05, 3.63) is 23.8 Å². The molecule has 0 aromatic heterocycles. The van der Waals surface area contributed by atoms with E-state index in [9.17, 15) is 9.90 Å². The number of benzene rings is 1. The van der Waals surface area contributed by atoms with Gasteiger partial charge in [-0.25, -0.2) is 0 Å². The number of piperidine rings is 1. The molecule has 0 aliphatic carbocycles. The first-order valence-electron chi connectivity index (χ1n) is 7.33. The van der Waals surface area contributed by atoms with Crippen LogP contribution in [0.4, 0.5) is 0 Å². The number of ether oxygens (including phenoxy) is 2. The van der Waals surface area contributed by atoms with Crippen LogP contribution < -0.4 is 9.47 Å². The standard InChI is InChI=1S/C16H23NO4/c1-20-13-7-6-12(15(11-13)21-2)10-14(16(18)19)17-8-4-3-5-9-17/h6-7,11,14H,3-5,8-10H2,1-2H3,(H,18,19)/t14-/m0/s1. The smallest absolute Gasteiger partial charge is 0.321 e. The maximum Gasteiger partial charge on any atom is 0.321 e. The van der Waals surface area contributed by atoms with Crippen LogP contribution in [0, 0.1) is 0 Å². The van der Waals surface area contributed by atoms with Crippen molar-refractivity contribution in [2.45, 2.75) is 31.7 Å². The summed E-state index contributed by atoms with van der Waals surface area (Å²) in [6, 6.07) is 5.03. The zero-order chi connectivity index (χ0) is 15.2. The maximum atomic E-state index is 11.6. The first-order valence-corrected chi connectivity index (χ1v) is 7.33. The molecular weight excluding hydrogens is 270 g/mol. The summed E-state index contributed by atoms with van der Waals surface area (Å²) in [5.41, 5.74) is 0.899. The van der Waals surface area contributed by atoms with Gasteiger partial charge in [0.25, 0.3) is 0 Å². The molecule has 2 rings (SSSR count). The molecule has 0 bridgehead atoms. The lowest BCUT2D eigenvalue weighted by Crippen LogP contribution is -2.45. The highest BCUT2D eigenvalue weighted by atomic mass is 16.5. The van der Waals surface area contributed by atoms with Crippen LogP contribution in [0.25, 0.3) is 0 Å². The van der Waals surface area contributed by atoms with Crippen LogP contribution in [0.3, 0.4) is 0 Å². The number of carbonyl (C=O) groups is 1. The fraction of sp³-hybridized carbons (Fsp3) is 0.562. The van der Waals surface area contributed by atoms with Crippen molar-refractivity contribution >= 4 is 5.97 Å². The molecule has 1 N–H and O–H groups in total. The molecule has 0 radical (unpaired) electrons. The number of nitrogens with zero attached hydrogens (tertiary/aromatic N) is 1. The summed E-state index contributed by atoms with van der Waals surface area (Å²) in [5, 5.41) is 9.54. The van der Waals surface area contributed by atoms with Crippen LogP contribution in [0.5, 0.6) is 11.5 Å². The molecule has 1 saturated heterocycles. The first kappa shape index (κ1) is 15.6. The predicted molar refractivity (Wildman–Crippen MR) is 80.1 cm³/mol. The van der Waals surface area contributed by atoms with Gasteiger partial charge in [-0.3, -0.25) is 9.69 Å². The Morgan fingerprint density at radius 3 is 2.52 bits per heavy atom. The van der Waals surface area contributed by atoms with Crippen LogP contribution in [0.2, 0.25) is 0 Å². The highest BCUT2D eigenvalue weighted by Gasteiger charge is 2.28. The number of aliphatic carboxylic acids is 1. The molecule has 5 heteroatoms. The van der Waals surface area contributed by atoms with Gasteiger partial charge < -0.3 is 14.6 Å². The number of carboxylic acid groups (broad SMARTS) is 1.